The molecule has 0 aliphatic carbocycles. The van der Waals surface area contributed by atoms with Crippen molar-refractivity contribution in [2.24, 2.45) is 0 Å². The number of benzene rings is 1. The third kappa shape index (κ3) is 3.89. The van der Waals surface area contributed by atoms with E-state index < -0.39 is 21.7 Å². The Balaban J connectivity index is 1.91. The van der Waals surface area contributed by atoms with E-state index in [2.05, 4.69) is 5.32 Å². The number of nitrogens with one attached hydrogen (secondary N) is 1. The summed E-state index contributed by atoms with van der Waals surface area (Å²) in [6.07, 6.45) is 1.73. The number of rotatable bonds is 4. The van der Waals surface area contributed by atoms with Crippen LogP contribution in [0.5, 0.6) is 0 Å². The van der Waals surface area contributed by atoms with Crippen molar-refractivity contribution in [1.29, 1.82) is 0 Å². The molecule has 0 atom stereocenters. The number of aromatic carboxylic acids is 1. The quantitative estimate of drug-likeness (QED) is 0.840. The minimum atomic E-state index is -3.61. The van der Waals surface area contributed by atoms with Gasteiger partial charge in [-0.2, -0.15) is 0 Å². The Labute approximate surface area is 148 Å². The van der Waals surface area contributed by atoms with E-state index in [0.29, 0.717) is 18.1 Å². The van der Waals surface area contributed by atoms with Crippen molar-refractivity contribution < 1.29 is 27.9 Å². The molecule has 2 N–H and O–H groups in total. The highest BCUT2D eigenvalue weighted by Gasteiger charge is 2.19. The third-order valence-electron chi connectivity index (χ3n) is 3.69. The molecule has 9 heteroatoms. The first-order valence-electron chi connectivity index (χ1n) is 7.33. The van der Waals surface area contributed by atoms with Crippen molar-refractivity contribution in [2.45, 2.75) is 17.9 Å². The Bertz CT molecular complexity index is 937. The van der Waals surface area contributed by atoms with Gasteiger partial charge in [0, 0.05) is 23.2 Å². The molecule has 1 aliphatic rings. The van der Waals surface area contributed by atoms with Gasteiger partial charge in [-0.3, -0.25) is 4.79 Å². The van der Waals surface area contributed by atoms with Gasteiger partial charge in [0.05, 0.1) is 28.5 Å². The lowest BCUT2D eigenvalue weighted by atomic mass is 10.2. The summed E-state index contributed by atoms with van der Waals surface area (Å²) in [5.74, 6) is -1.69. The van der Waals surface area contributed by atoms with Crippen LogP contribution in [0.15, 0.2) is 29.2 Å². The molecule has 0 radical (unpaired) electrons. The van der Waals surface area contributed by atoms with Crippen LogP contribution in [0.4, 0.5) is 5.69 Å². The number of carboxylic acid groups (broad SMARTS) is 1. The molecule has 1 aliphatic heterocycles. The van der Waals surface area contributed by atoms with Gasteiger partial charge in [0.15, 0.2) is 9.84 Å². The van der Waals surface area contributed by atoms with Gasteiger partial charge in [0.25, 0.3) is 5.91 Å². The fraction of sp³-hybridized carbons (Fsp3) is 0.250. The molecular formula is C16H15NO6S2. The first-order valence-corrected chi connectivity index (χ1v) is 10.0. The first-order chi connectivity index (χ1) is 11.7. The molecule has 7 nitrogen and oxygen atoms in total. The van der Waals surface area contributed by atoms with E-state index in [9.17, 15) is 18.0 Å². The van der Waals surface area contributed by atoms with Crippen LogP contribution in [-0.2, 0) is 27.6 Å². The lowest BCUT2D eigenvalue weighted by Gasteiger charge is -2.10. The standard InChI is InChI=1S/C16H15NO6S2/c1-25(21,22)12-5-9(16(19)20)4-11(7-12)17-15(18)14-6-10-8-23-3-2-13(10)24-14/h4-7H,2-3,8H2,1H3,(H,17,18)(H,19,20). The van der Waals surface area contributed by atoms with Crippen LogP contribution in [0.2, 0.25) is 0 Å². The number of carbonyl (C=O) groups excluding carboxylic acids is 1. The summed E-state index contributed by atoms with van der Waals surface area (Å²) < 4.78 is 28.8. The lowest BCUT2D eigenvalue weighted by molar-refractivity contribution is 0.0696. The number of amides is 1. The van der Waals surface area contributed by atoms with Crippen LogP contribution in [-0.4, -0.2) is 38.3 Å². The SMILES string of the molecule is CS(=O)(=O)c1cc(NC(=O)c2cc3c(s2)CCOC3)cc(C(=O)O)c1. The van der Waals surface area contributed by atoms with Gasteiger partial charge in [-0.05, 0) is 29.8 Å². The molecule has 1 aromatic carbocycles. The highest BCUT2D eigenvalue weighted by atomic mass is 32.2. The molecule has 1 amide bonds. The molecule has 0 unspecified atom stereocenters. The molecule has 0 saturated heterocycles. The molecule has 0 fully saturated rings. The van der Waals surface area contributed by atoms with Gasteiger partial charge < -0.3 is 15.2 Å². The van der Waals surface area contributed by atoms with E-state index in [-0.39, 0.29) is 16.1 Å². The summed E-state index contributed by atoms with van der Waals surface area (Å²) in [7, 11) is -3.61. The van der Waals surface area contributed by atoms with Crippen LogP contribution in [0.25, 0.3) is 0 Å². The van der Waals surface area contributed by atoms with E-state index in [0.717, 1.165) is 29.2 Å². The molecule has 2 aromatic rings. The molecule has 132 valence electrons. The summed E-state index contributed by atoms with van der Waals surface area (Å²) in [5.41, 5.74) is 0.877. The zero-order chi connectivity index (χ0) is 18.2. The zero-order valence-corrected chi connectivity index (χ0v) is 14.9. The summed E-state index contributed by atoms with van der Waals surface area (Å²) in [6.45, 7) is 1.08. The Kier molecular flexibility index (Phi) is 4.63. The molecular weight excluding hydrogens is 366 g/mol. The van der Waals surface area contributed by atoms with E-state index in [1.807, 2.05) is 0 Å². The average Bonchev–Trinajstić information content (AvgIpc) is 2.98. The van der Waals surface area contributed by atoms with E-state index in [1.165, 1.54) is 23.5 Å². The highest BCUT2D eigenvalue weighted by Crippen LogP contribution is 2.28. The Morgan fingerprint density at radius 1 is 1.24 bits per heavy atom. The second-order valence-electron chi connectivity index (χ2n) is 5.64. The lowest BCUT2D eigenvalue weighted by Crippen LogP contribution is -2.12. The number of carboxylic acids is 1. The smallest absolute Gasteiger partial charge is 0.335 e. The van der Waals surface area contributed by atoms with Crippen molar-refractivity contribution in [1.82, 2.24) is 0 Å². The number of thiophene rings is 1. The van der Waals surface area contributed by atoms with Crippen molar-refractivity contribution in [2.75, 3.05) is 18.2 Å². The number of fused-ring (bicyclic) bond motifs is 1. The number of ether oxygens (including phenoxy) is 1. The maximum absolute atomic E-state index is 12.4. The van der Waals surface area contributed by atoms with Gasteiger partial charge in [-0.1, -0.05) is 0 Å². The maximum atomic E-state index is 12.4. The van der Waals surface area contributed by atoms with Gasteiger partial charge in [-0.15, -0.1) is 11.3 Å². The van der Waals surface area contributed by atoms with Crippen molar-refractivity contribution >= 4 is 38.7 Å². The Hall–Kier alpha value is -2.23. The van der Waals surface area contributed by atoms with Crippen molar-refractivity contribution in [3.63, 3.8) is 0 Å². The van der Waals surface area contributed by atoms with Crippen LogP contribution in [0.3, 0.4) is 0 Å². The Morgan fingerprint density at radius 2 is 2.00 bits per heavy atom. The van der Waals surface area contributed by atoms with E-state index >= 15 is 0 Å². The summed E-state index contributed by atoms with van der Waals surface area (Å²) in [5, 5.41) is 11.7. The zero-order valence-electron chi connectivity index (χ0n) is 13.2. The highest BCUT2D eigenvalue weighted by molar-refractivity contribution is 7.90. The predicted octanol–water partition coefficient (Wildman–Crippen LogP) is 2.17. The molecule has 0 bridgehead atoms. The molecule has 0 spiro atoms. The minimum Gasteiger partial charge on any atom is -0.478 e. The summed E-state index contributed by atoms with van der Waals surface area (Å²) >= 11 is 1.36. The van der Waals surface area contributed by atoms with E-state index in [4.69, 9.17) is 9.84 Å². The number of hydrogen-bond acceptors (Lipinski definition) is 6. The van der Waals surface area contributed by atoms with Crippen LogP contribution in [0, 0.1) is 0 Å². The van der Waals surface area contributed by atoms with Gasteiger partial charge in [0.2, 0.25) is 0 Å². The van der Waals surface area contributed by atoms with Crippen LogP contribution in [0.1, 0.15) is 30.5 Å². The average molecular weight is 381 g/mol. The largest absolute Gasteiger partial charge is 0.478 e. The maximum Gasteiger partial charge on any atom is 0.335 e. The monoisotopic (exact) mass is 381 g/mol. The second kappa shape index (κ2) is 6.58. The van der Waals surface area contributed by atoms with Gasteiger partial charge in [-0.25, -0.2) is 13.2 Å². The molecule has 3 rings (SSSR count). The molecule has 1 aromatic heterocycles. The van der Waals surface area contributed by atoms with Crippen molar-refractivity contribution in [3.8, 4) is 0 Å². The third-order valence-corrected chi connectivity index (χ3v) is 6.02. The molecule has 0 saturated carbocycles. The molecule has 25 heavy (non-hydrogen) atoms. The summed E-state index contributed by atoms with van der Waals surface area (Å²) in [4.78, 5) is 25.0. The fourth-order valence-corrected chi connectivity index (χ4v) is 4.19. The molecule has 2 heterocycles. The Morgan fingerprint density at radius 3 is 2.64 bits per heavy atom. The topological polar surface area (TPSA) is 110 Å². The predicted molar refractivity (Wildman–Crippen MR) is 92.1 cm³/mol. The fourth-order valence-electron chi connectivity index (χ4n) is 2.46. The second-order valence-corrected chi connectivity index (χ2v) is 8.79. The van der Waals surface area contributed by atoms with Crippen LogP contribution < -0.4 is 5.32 Å². The van der Waals surface area contributed by atoms with Crippen LogP contribution >= 0.6 is 11.3 Å². The van der Waals surface area contributed by atoms with Gasteiger partial charge >= 0.3 is 5.97 Å². The number of anilines is 1. The van der Waals surface area contributed by atoms with E-state index in [1.54, 1.807) is 6.07 Å². The number of carbonyl (C=O) groups is 2. The van der Waals surface area contributed by atoms with Crippen molar-refractivity contribution in [3.05, 3.63) is 45.1 Å². The summed E-state index contributed by atoms with van der Waals surface area (Å²) in [6, 6.07) is 5.28. The first kappa shape index (κ1) is 17.6. The number of hydrogen-bond donors (Lipinski definition) is 2. The normalized spacial score (nSPS) is 14.0. The number of sulfone groups is 1. The van der Waals surface area contributed by atoms with Gasteiger partial charge in [0.1, 0.15) is 0 Å². The minimum absolute atomic E-state index is 0.118.